The van der Waals surface area contributed by atoms with Gasteiger partial charge in [0.2, 0.25) is 5.91 Å². The van der Waals surface area contributed by atoms with Crippen LogP contribution in [0.15, 0.2) is 36.4 Å². The molecule has 0 aromatic heterocycles. The Labute approximate surface area is 159 Å². The van der Waals surface area contributed by atoms with Gasteiger partial charge in [0.15, 0.2) is 0 Å². The third-order valence-corrected chi connectivity index (χ3v) is 5.75. The lowest BCUT2D eigenvalue weighted by molar-refractivity contribution is -0.123. The largest absolute Gasteiger partial charge is 0.507 e. The van der Waals surface area contributed by atoms with Crippen LogP contribution in [0.5, 0.6) is 11.5 Å². The summed E-state index contributed by atoms with van der Waals surface area (Å²) >= 11 is 0. The highest BCUT2D eigenvalue weighted by atomic mass is 16.5. The van der Waals surface area contributed by atoms with Crippen molar-refractivity contribution in [1.82, 2.24) is 0 Å². The molecule has 0 bridgehead atoms. The number of carbonyl (C=O) groups is 1. The molecule has 0 saturated heterocycles. The number of ether oxygens (including phenoxy) is 1. The van der Waals surface area contributed by atoms with E-state index in [0.717, 1.165) is 42.5 Å². The van der Waals surface area contributed by atoms with E-state index in [-0.39, 0.29) is 18.3 Å². The molecule has 0 radical (unpaired) electrons. The van der Waals surface area contributed by atoms with Crippen molar-refractivity contribution in [3.63, 3.8) is 0 Å². The summed E-state index contributed by atoms with van der Waals surface area (Å²) in [4.78, 5) is 15.4. The van der Waals surface area contributed by atoms with E-state index in [2.05, 4.69) is 6.92 Å². The zero-order valence-corrected chi connectivity index (χ0v) is 15.6. The predicted molar refractivity (Wildman–Crippen MR) is 103 cm³/mol. The number of rotatable bonds is 6. The SMILES string of the molecule is CCCCCN1C(=O)C(CO)(c2cc3c(cc2O)OCC3)c2ccccc21. The minimum Gasteiger partial charge on any atom is -0.507 e. The fourth-order valence-electron chi connectivity index (χ4n) is 4.32. The zero-order valence-electron chi connectivity index (χ0n) is 15.6. The first-order valence-corrected chi connectivity index (χ1v) is 9.65. The minimum absolute atomic E-state index is 0.0109. The zero-order chi connectivity index (χ0) is 19.0. The van der Waals surface area contributed by atoms with Gasteiger partial charge >= 0.3 is 0 Å². The summed E-state index contributed by atoms with van der Waals surface area (Å²) in [6.45, 7) is 2.92. The van der Waals surface area contributed by atoms with Gasteiger partial charge in [0.25, 0.3) is 0 Å². The Hall–Kier alpha value is -2.53. The fourth-order valence-corrected chi connectivity index (χ4v) is 4.32. The molecule has 2 aliphatic rings. The number of aromatic hydroxyl groups is 1. The molecular weight excluding hydrogens is 342 g/mol. The highest BCUT2D eigenvalue weighted by Gasteiger charge is 2.53. The number of hydrogen-bond acceptors (Lipinski definition) is 4. The second-order valence-electron chi connectivity index (χ2n) is 7.32. The molecule has 0 fully saturated rings. The number of phenolic OH excluding ortho intramolecular Hbond substituents is 1. The lowest BCUT2D eigenvalue weighted by atomic mass is 9.75. The van der Waals surface area contributed by atoms with Crippen LogP contribution in [0, 0.1) is 0 Å². The van der Waals surface area contributed by atoms with Crippen LogP contribution < -0.4 is 9.64 Å². The maximum atomic E-state index is 13.6. The molecule has 2 aliphatic heterocycles. The second kappa shape index (κ2) is 6.89. The van der Waals surface area contributed by atoms with Crippen LogP contribution in [-0.2, 0) is 16.6 Å². The highest BCUT2D eigenvalue weighted by Crippen LogP contribution is 2.50. The van der Waals surface area contributed by atoms with Crippen LogP contribution in [-0.4, -0.2) is 35.9 Å². The van der Waals surface area contributed by atoms with Crippen molar-refractivity contribution in [2.24, 2.45) is 0 Å². The Kier molecular flexibility index (Phi) is 4.56. The molecule has 2 aromatic carbocycles. The van der Waals surface area contributed by atoms with Gasteiger partial charge in [0.05, 0.1) is 13.2 Å². The maximum Gasteiger partial charge on any atom is 0.244 e. The van der Waals surface area contributed by atoms with Crippen LogP contribution in [0.4, 0.5) is 5.69 Å². The second-order valence-corrected chi connectivity index (χ2v) is 7.32. The summed E-state index contributed by atoms with van der Waals surface area (Å²) in [5.41, 5.74) is 1.73. The lowest BCUT2D eigenvalue weighted by Crippen LogP contribution is -2.44. The molecule has 2 N–H and O–H groups in total. The summed E-state index contributed by atoms with van der Waals surface area (Å²) in [5.74, 6) is 0.475. The quantitative estimate of drug-likeness (QED) is 0.770. The molecule has 142 valence electrons. The van der Waals surface area contributed by atoms with Gasteiger partial charge in [-0.3, -0.25) is 4.79 Å². The lowest BCUT2D eigenvalue weighted by Gasteiger charge is -2.28. The fraction of sp³-hybridized carbons (Fsp3) is 0.409. The molecule has 5 nitrogen and oxygen atoms in total. The third-order valence-electron chi connectivity index (χ3n) is 5.75. The van der Waals surface area contributed by atoms with Crippen molar-refractivity contribution in [2.45, 2.75) is 38.0 Å². The maximum absolute atomic E-state index is 13.6. The van der Waals surface area contributed by atoms with E-state index in [9.17, 15) is 15.0 Å². The number of anilines is 1. The van der Waals surface area contributed by atoms with Crippen molar-refractivity contribution in [3.05, 3.63) is 53.1 Å². The normalized spacial score (nSPS) is 20.5. The molecule has 0 spiro atoms. The summed E-state index contributed by atoms with van der Waals surface area (Å²) in [6.07, 6.45) is 3.75. The first-order chi connectivity index (χ1) is 13.1. The van der Waals surface area contributed by atoms with E-state index in [1.165, 1.54) is 0 Å². The molecule has 4 rings (SSSR count). The van der Waals surface area contributed by atoms with Gasteiger partial charge < -0.3 is 19.8 Å². The van der Waals surface area contributed by atoms with Crippen LogP contribution in [0.3, 0.4) is 0 Å². The van der Waals surface area contributed by atoms with Crippen LogP contribution >= 0.6 is 0 Å². The number of unbranched alkanes of at least 4 members (excludes halogenated alkanes) is 2. The minimum atomic E-state index is -1.27. The van der Waals surface area contributed by atoms with E-state index in [1.807, 2.05) is 30.3 Å². The standard InChI is InChI=1S/C22H25NO4/c1-2-3-6-10-23-18-8-5-4-7-16(18)22(14-24,21(23)26)17-12-15-9-11-27-20(15)13-19(17)25/h4-5,7-8,12-13,24-25H,2-3,6,9-11,14H2,1H3. The number of aliphatic hydroxyl groups is 1. The number of amides is 1. The van der Waals surface area contributed by atoms with Gasteiger partial charge in [-0.05, 0) is 29.7 Å². The van der Waals surface area contributed by atoms with Gasteiger partial charge in [-0.15, -0.1) is 0 Å². The third kappa shape index (κ3) is 2.60. The van der Waals surface area contributed by atoms with Crippen molar-refractivity contribution in [3.8, 4) is 11.5 Å². The molecule has 1 amide bonds. The molecule has 0 saturated carbocycles. The average Bonchev–Trinajstić information content (AvgIpc) is 3.22. The molecule has 0 aliphatic carbocycles. The van der Waals surface area contributed by atoms with Gasteiger partial charge in [-0.2, -0.15) is 0 Å². The average molecular weight is 367 g/mol. The van der Waals surface area contributed by atoms with Crippen molar-refractivity contribution in [2.75, 3.05) is 24.7 Å². The molecule has 1 atom stereocenters. The van der Waals surface area contributed by atoms with E-state index in [0.29, 0.717) is 24.5 Å². The first-order valence-electron chi connectivity index (χ1n) is 9.65. The number of phenols is 1. The summed E-state index contributed by atoms with van der Waals surface area (Å²) in [7, 11) is 0. The number of para-hydroxylation sites is 1. The molecule has 5 heteroatoms. The number of fused-ring (bicyclic) bond motifs is 2. The molecule has 2 heterocycles. The number of nitrogens with zero attached hydrogens (tertiary/aromatic N) is 1. The topological polar surface area (TPSA) is 70.0 Å². The number of aliphatic hydroxyl groups excluding tert-OH is 1. The number of benzene rings is 2. The smallest absolute Gasteiger partial charge is 0.244 e. The van der Waals surface area contributed by atoms with Gasteiger partial charge in [-0.1, -0.05) is 38.0 Å². The molecule has 1 unspecified atom stereocenters. The molecular formula is C22H25NO4. The Morgan fingerprint density at radius 1 is 1.19 bits per heavy atom. The van der Waals surface area contributed by atoms with Crippen LogP contribution in [0.2, 0.25) is 0 Å². The van der Waals surface area contributed by atoms with Crippen molar-refractivity contribution < 1.29 is 19.7 Å². The van der Waals surface area contributed by atoms with Crippen LogP contribution in [0.1, 0.15) is 42.9 Å². The summed E-state index contributed by atoms with van der Waals surface area (Å²) < 4.78 is 5.53. The number of hydrogen-bond donors (Lipinski definition) is 2. The highest BCUT2D eigenvalue weighted by molar-refractivity contribution is 6.11. The van der Waals surface area contributed by atoms with E-state index in [1.54, 1.807) is 11.0 Å². The Morgan fingerprint density at radius 3 is 2.78 bits per heavy atom. The van der Waals surface area contributed by atoms with E-state index >= 15 is 0 Å². The van der Waals surface area contributed by atoms with E-state index < -0.39 is 5.41 Å². The van der Waals surface area contributed by atoms with Crippen molar-refractivity contribution >= 4 is 11.6 Å². The van der Waals surface area contributed by atoms with Gasteiger partial charge in [0.1, 0.15) is 16.9 Å². The Morgan fingerprint density at radius 2 is 2.00 bits per heavy atom. The first kappa shape index (κ1) is 17.9. The Bertz CT molecular complexity index is 879. The molecule has 2 aromatic rings. The van der Waals surface area contributed by atoms with E-state index in [4.69, 9.17) is 4.74 Å². The monoisotopic (exact) mass is 367 g/mol. The van der Waals surface area contributed by atoms with Crippen molar-refractivity contribution in [1.29, 1.82) is 0 Å². The summed E-state index contributed by atoms with van der Waals surface area (Å²) in [6, 6.07) is 11.0. The Balaban J connectivity index is 1.86. The van der Waals surface area contributed by atoms with Gasteiger partial charge in [0, 0.05) is 30.3 Å². The van der Waals surface area contributed by atoms with Gasteiger partial charge in [-0.25, -0.2) is 0 Å². The molecule has 27 heavy (non-hydrogen) atoms. The number of carbonyl (C=O) groups excluding carboxylic acids is 1. The predicted octanol–water partition coefficient (Wildman–Crippen LogP) is 3.14. The van der Waals surface area contributed by atoms with Crippen LogP contribution in [0.25, 0.3) is 0 Å². The summed E-state index contributed by atoms with van der Waals surface area (Å²) in [5, 5.41) is 21.2.